The third-order valence-corrected chi connectivity index (χ3v) is 11.5. The Kier molecular flexibility index (Phi) is 13.0. The van der Waals surface area contributed by atoms with E-state index in [1.807, 2.05) is 46.8 Å². The summed E-state index contributed by atoms with van der Waals surface area (Å²) in [6, 6.07) is -0.853. The topological polar surface area (TPSA) is 139 Å². The Hall–Kier alpha value is -1.87. The number of nitrogens with one attached hydrogen (secondary N) is 1. The molecule has 0 aromatic rings. The standard InChI is InChI=1S/C35H62N4O9/c1-11-27-35(6)30(36-33(43)48-35)23(4)38(9)19-21(2)18-34(5,44-10)31(22(3)26(40)17-28(41)46-27)47-32-29(42)25(37(7)8)16-24(45-32)20-39-14-12-13-15-39/h21-25,27,29-32,42H,11-20H2,1-10H3,(H,36,43)/t21-,22+,23-,24?,25?,27-,29?,30-,31-,32+,34-,35-/m1/s1. The highest BCUT2D eigenvalue weighted by atomic mass is 16.7. The largest absolute Gasteiger partial charge is 0.458 e. The summed E-state index contributed by atoms with van der Waals surface area (Å²) in [4.78, 5) is 46.5. The smallest absolute Gasteiger partial charge is 0.408 e. The predicted octanol–water partition coefficient (Wildman–Crippen LogP) is 2.42. The second-order valence-corrected chi connectivity index (χ2v) is 15.5. The second kappa shape index (κ2) is 16.0. The molecule has 4 aliphatic rings. The van der Waals surface area contributed by atoms with E-state index in [9.17, 15) is 19.5 Å². The molecule has 4 fully saturated rings. The molecule has 3 unspecified atom stereocenters. The van der Waals surface area contributed by atoms with Gasteiger partial charge in [0.25, 0.3) is 0 Å². The van der Waals surface area contributed by atoms with E-state index in [0.29, 0.717) is 25.8 Å². The van der Waals surface area contributed by atoms with Gasteiger partial charge in [0.2, 0.25) is 0 Å². The fourth-order valence-electron chi connectivity index (χ4n) is 8.54. The molecule has 0 saturated carbocycles. The van der Waals surface area contributed by atoms with Crippen LogP contribution in [0.1, 0.15) is 80.1 Å². The van der Waals surface area contributed by atoms with Crippen LogP contribution in [0.4, 0.5) is 4.79 Å². The molecule has 0 radical (unpaired) electrons. The van der Waals surface area contributed by atoms with Gasteiger partial charge in [-0.15, -0.1) is 0 Å². The quantitative estimate of drug-likeness (QED) is 0.301. The molecule has 4 aliphatic heterocycles. The lowest BCUT2D eigenvalue weighted by Gasteiger charge is -2.47. The number of hydrogen-bond acceptors (Lipinski definition) is 12. The molecule has 4 rings (SSSR count). The van der Waals surface area contributed by atoms with Crippen LogP contribution < -0.4 is 5.32 Å². The first-order valence-electron chi connectivity index (χ1n) is 17.9. The fraction of sp³-hybridized carbons (Fsp3) is 0.914. The number of hydrogen-bond donors (Lipinski definition) is 2. The maximum absolute atomic E-state index is 13.9. The van der Waals surface area contributed by atoms with Crippen molar-refractivity contribution in [2.24, 2.45) is 11.8 Å². The maximum atomic E-state index is 13.9. The van der Waals surface area contributed by atoms with Crippen molar-refractivity contribution in [3.05, 3.63) is 0 Å². The number of Topliss-reactive ketones (excluding diaryl/α,β-unsaturated/α-hetero) is 1. The van der Waals surface area contributed by atoms with Gasteiger partial charge < -0.3 is 48.8 Å². The average molecular weight is 683 g/mol. The lowest BCUT2D eigenvalue weighted by atomic mass is 9.79. The van der Waals surface area contributed by atoms with Crippen molar-refractivity contribution in [3.63, 3.8) is 0 Å². The van der Waals surface area contributed by atoms with Crippen LogP contribution >= 0.6 is 0 Å². The molecule has 48 heavy (non-hydrogen) atoms. The lowest BCUT2D eigenvalue weighted by Crippen LogP contribution is -2.60. The maximum Gasteiger partial charge on any atom is 0.408 e. The van der Waals surface area contributed by atoms with Crippen LogP contribution in [0, 0.1) is 11.8 Å². The van der Waals surface area contributed by atoms with Gasteiger partial charge in [-0.25, -0.2) is 4.79 Å². The van der Waals surface area contributed by atoms with Gasteiger partial charge in [0.05, 0.1) is 23.9 Å². The normalized spacial score (nSPS) is 42.9. The molecule has 2 N–H and O–H groups in total. The molecule has 0 aromatic carbocycles. The van der Waals surface area contributed by atoms with E-state index in [0.717, 1.165) is 32.5 Å². The molecular formula is C35H62N4O9. The van der Waals surface area contributed by atoms with Gasteiger partial charge in [-0.1, -0.05) is 20.8 Å². The van der Waals surface area contributed by atoms with Gasteiger partial charge in [0, 0.05) is 38.2 Å². The van der Waals surface area contributed by atoms with E-state index in [4.69, 9.17) is 23.7 Å². The highest BCUT2D eigenvalue weighted by Crippen LogP contribution is 2.38. The van der Waals surface area contributed by atoms with Crippen molar-refractivity contribution in [3.8, 4) is 0 Å². The number of ketones is 1. The van der Waals surface area contributed by atoms with Crippen molar-refractivity contribution < 1.29 is 43.2 Å². The van der Waals surface area contributed by atoms with Gasteiger partial charge in [-0.05, 0) is 93.0 Å². The van der Waals surface area contributed by atoms with Gasteiger partial charge in [0.15, 0.2) is 11.9 Å². The molecule has 4 heterocycles. The summed E-state index contributed by atoms with van der Waals surface area (Å²) in [6.07, 6.45) is -0.940. The lowest BCUT2D eigenvalue weighted by molar-refractivity contribution is -0.298. The number of amides is 1. The van der Waals surface area contributed by atoms with Crippen molar-refractivity contribution in [1.29, 1.82) is 0 Å². The SMILES string of the molecule is CC[C@H]1OC(=O)CC(=O)[C@H](C)[C@@H](O[C@@H]2OC(CN3CCCC3)CC(N(C)C)C2O)[C@](C)(OC)C[C@@H](C)CN(C)[C@H](C)[C@H]2NC(=O)O[C@@]21C. The summed E-state index contributed by atoms with van der Waals surface area (Å²) < 4.78 is 31.2. The summed E-state index contributed by atoms with van der Waals surface area (Å²) in [6.45, 7) is 14.9. The number of nitrogens with zero attached hydrogens (tertiary/aromatic N) is 3. The molecule has 276 valence electrons. The number of esters is 1. The van der Waals surface area contributed by atoms with Crippen LogP contribution in [0.15, 0.2) is 0 Å². The summed E-state index contributed by atoms with van der Waals surface area (Å²) in [7, 11) is 7.49. The minimum absolute atomic E-state index is 0.0553. The number of methoxy groups -OCH3 is 1. The molecule has 13 heteroatoms. The Morgan fingerprint density at radius 1 is 1.10 bits per heavy atom. The number of carbonyl (C=O) groups excluding carboxylic acids is 3. The van der Waals surface area contributed by atoms with Gasteiger partial charge in [-0.2, -0.15) is 0 Å². The first-order chi connectivity index (χ1) is 22.5. The number of carbonyl (C=O) groups is 3. The minimum Gasteiger partial charge on any atom is -0.458 e. The third-order valence-electron chi connectivity index (χ3n) is 11.5. The van der Waals surface area contributed by atoms with Crippen molar-refractivity contribution in [2.45, 2.75) is 140 Å². The molecular weight excluding hydrogens is 620 g/mol. The number of likely N-dealkylation sites (tertiary alicyclic amines) is 1. The van der Waals surface area contributed by atoms with Crippen molar-refractivity contribution in [1.82, 2.24) is 20.0 Å². The summed E-state index contributed by atoms with van der Waals surface area (Å²) in [5.74, 6) is -1.82. The molecule has 13 nitrogen and oxygen atoms in total. The monoisotopic (exact) mass is 682 g/mol. The molecule has 0 bridgehead atoms. The van der Waals surface area contributed by atoms with Crippen LogP contribution in [0.5, 0.6) is 0 Å². The Morgan fingerprint density at radius 2 is 1.77 bits per heavy atom. The fourth-order valence-corrected chi connectivity index (χ4v) is 8.54. The highest BCUT2D eigenvalue weighted by molar-refractivity contribution is 5.97. The Bertz CT molecular complexity index is 1120. The molecule has 0 aliphatic carbocycles. The van der Waals surface area contributed by atoms with Crippen molar-refractivity contribution >= 4 is 17.8 Å². The van der Waals surface area contributed by atoms with Gasteiger partial charge in [0.1, 0.15) is 24.4 Å². The van der Waals surface area contributed by atoms with Crippen LogP contribution in [-0.4, -0.2) is 152 Å². The summed E-state index contributed by atoms with van der Waals surface area (Å²) >= 11 is 0. The third kappa shape index (κ3) is 8.52. The number of ether oxygens (including phenoxy) is 5. The van der Waals surface area contributed by atoms with Gasteiger partial charge in [-0.3, -0.25) is 9.59 Å². The Morgan fingerprint density at radius 3 is 2.38 bits per heavy atom. The minimum atomic E-state index is -1.14. The number of cyclic esters (lactones) is 1. The predicted molar refractivity (Wildman–Crippen MR) is 179 cm³/mol. The number of fused-ring (bicyclic) bond motifs is 1. The number of likely N-dealkylation sites (N-methyl/N-ethyl adjacent to an activating group) is 2. The van der Waals surface area contributed by atoms with E-state index in [1.54, 1.807) is 21.0 Å². The highest BCUT2D eigenvalue weighted by Gasteiger charge is 2.55. The molecule has 0 spiro atoms. The van der Waals surface area contributed by atoms with Crippen molar-refractivity contribution in [2.75, 3.05) is 54.4 Å². The number of alkyl carbamates (subject to hydrolysis) is 1. The zero-order valence-corrected chi connectivity index (χ0v) is 30.9. The number of aliphatic hydroxyl groups is 1. The van der Waals surface area contributed by atoms with E-state index >= 15 is 0 Å². The number of rotatable bonds is 7. The second-order valence-electron chi connectivity index (χ2n) is 15.5. The number of aliphatic hydroxyl groups excluding tert-OH is 1. The Labute approximate surface area is 287 Å². The van der Waals surface area contributed by atoms with E-state index < -0.39 is 66.2 Å². The zero-order valence-electron chi connectivity index (χ0n) is 30.9. The van der Waals surface area contributed by atoms with Crippen LogP contribution in [0.2, 0.25) is 0 Å². The first-order valence-corrected chi connectivity index (χ1v) is 17.9. The van der Waals surface area contributed by atoms with Crippen LogP contribution in [-0.2, 0) is 33.3 Å². The average Bonchev–Trinajstić information content (AvgIpc) is 3.64. The van der Waals surface area contributed by atoms with Crippen LogP contribution in [0.3, 0.4) is 0 Å². The molecule has 12 atom stereocenters. The van der Waals surface area contributed by atoms with E-state index in [-0.39, 0.29) is 29.9 Å². The summed E-state index contributed by atoms with van der Waals surface area (Å²) in [5, 5.41) is 14.5. The van der Waals surface area contributed by atoms with Crippen LogP contribution in [0.25, 0.3) is 0 Å². The molecule has 1 amide bonds. The van der Waals surface area contributed by atoms with E-state index in [2.05, 4.69) is 22.0 Å². The molecule has 0 aromatic heterocycles. The molecule has 4 saturated heterocycles. The van der Waals surface area contributed by atoms with Gasteiger partial charge >= 0.3 is 12.1 Å². The summed E-state index contributed by atoms with van der Waals surface area (Å²) in [5.41, 5.74) is -2.13. The Balaban J connectivity index is 1.67. The van der Waals surface area contributed by atoms with E-state index in [1.165, 1.54) is 0 Å². The zero-order chi connectivity index (χ0) is 35.6. The first kappa shape index (κ1) is 38.9.